The molecule has 3 nitrogen and oxygen atoms in total. The van der Waals surface area contributed by atoms with Crippen LogP contribution in [0.2, 0.25) is 5.02 Å². The van der Waals surface area contributed by atoms with Crippen molar-refractivity contribution >= 4 is 17.9 Å². The second kappa shape index (κ2) is 7.36. The molecule has 3 rings (SSSR count). The van der Waals surface area contributed by atoms with E-state index in [-0.39, 0.29) is 23.7 Å². The van der Waals surface area contributed by atoms with Gasteiger partial charge in [-0.1, -0.05) is 48.0 Å². The highest BCUT2D eigenvalue weighted by Crippen LogP contribution is 2.33. The van der Waals surface area contributed by atoms with E-state index < -0.39 is 0 Å². The van der Waals surface area contributed by atoms with Gasteiger partial charge in [-0.2, -0.15) is 0 Å². The first-order valence-corrected chi connectivity index (χ1v) is 7.91. The van der Waals surface area contributed by atoms with Crippen molar-refractivity contribution < 1.29 is 19.0 Å². The Morgan fingerprint density at radius 1 is 1.04 bits per heavy atom. The fraction of sp³-hybridized carbons (Fsp3) is 0.0500. The maximum absolute atomic E-state index is 14.0. The minimum atomic E-state index is -0.350. The van der Waals surface area contributed by atoms with Crippen LogP contribution in [0, 0.1) is 5.82 Å². The number of halogens is 2. The first-order valence-electron chi connectivity index (χ1n) is 7.53. The van der Waals surface area contributed by atoms with Crippen LogP contribution in [0.3, 0.4) is 0 Å². The molecule has 0 fully saturated rings. The summed E-state index contributed by atoms with van der Waals surface area (Å²) >= 11 is 6.42. The molecule has 3 aromatic rings. The minimum Gasteiger partial charge on any atom is -0.507 e. The van der Waals surface area contributed by atoms with Crippen LogP contribution in [-0.4, -0.2) is 11.4 Å². The van der Waals surface area contributed by atoms with Crippen molar-refractivity contribution in [3.63, 3.8) is 0 Å². The Labute approximate surface area is 149 Å². The third-order valence-corrected chi connectivity index (χ3v) is 4.21. The fourth-order valence-corrected chi connectivity index (χ4v) is 2.74. The minimum absolute atomic E-state index is 0.140. The molecule has 0 amide bonds. The van der Waals surface area contributed by atoms with Crippen LogP contribution in [0.15, 0.2) is 60.7 Å². The van der Waals surface area contributed by atoms with E-state index in [2.05, 4.69) is 0 Å². The van der Waals surface area contributed by atoms with Gasteiger partial charge in [0.1, 0.15) is 23.9 Å². The molecular weight excluding hydrogens is 343 g/mol. The number of benzene rings is 3. The Balaban J connectivity index is 1.84. The highest BCUT2D eigenvalue weighted by atomic mass is 35.5. The Morgan fingerprint density at radius 2 is 1.80 bits per heavy atom. The zero-order valence-electron chi connectivity index (χ0n) is 13.1. The number of carbonyl (C=O) groups excluding carboxylic acids is 1. The predicted molar refractivity (Wildman–Crippen MR) is 94.7 cm³/mol. The molecule has 0 aliphatic carbocycles. The molecule has 0 atom stereocenters. The van der Waals surface area contributed by atoms with Crippen molar-refractivity contribution in [1.29, 1.82) is 0 Å². The number of hydrogen-bond acceptors (Lipinski definition) is 3. The zero-order chi connectivity index (χ0) is 17.8. The van der Waals surface area contributed by atoms with E-state index in [1.54, 1.807) is 42.5 Å². The lowest BCUT2D eigenvalue weighted by molar-refractivity contribution is 0.112. The van der Waals surface area contributed by atoms with Gasteiger partial charge in [0.05, 0.1) is 10.6 Å². The van der Waals surface area contributed by atoms with Gasteiger partial charge in [-0.3, -0.25) is 4.79 Å². The maximum atomic E-state index is 14.0. The lowest BCUT2D eigenvalue weighted by Crippen LogP contribution is -1.98. The number of hydrogen-bond donors (Lipinski definition) is 1. The highest BCUT2D eigenvalue weighted by molar-refractivity contribution is 6.34. The molecule has 5 heteroatoms. The molecule has 0 bridgehead atoms. The van der Waals surface area contributed by atoms with Gasteiger partial charge >= 0.3 is 0 Å². The molecule has 0 aliphatic heterocycles. The quantitative estimate of drug-likeness (QED) is 0.635. The molecule has 0 aliphatic rings. The second-order valence-electron chi connectivity index (χ2n) is 5.39. The molecule has 0 unspecified atom stereocenters. The van der Waals surface area contributed by atoms with Crippen LogP contribution in [0.1, 0.15) is 15.9 Å². The predicted octanol–water partition coefficient (Wildman–Crippen LogP) is 5.24. The van der Waals surface area contributed by atoms with Crippen LogP contribution < -0.4 is 4.74 Å². The third kappa shape index (κ3) is 3.64. The number of phenols is 1. The smallest absolute Gasteiger partial charge is 0.153 e. The van der Waals surface area contributed by atoms with Gasteiger partial charge < -0.3 is 9.84 Å². The Morgan fingerprint density at radius 3 is 2.52 bits per heavy atom. The standard InChI is InChI=1S/C20H14ClFO3/c21-20-14(12-25-15-9-8-13(11-23)19(24)10-15)4-3-6-17(20)16-5-1-2-7-18(16)22/h1-11,24H,12H2. The molecule has 25 heavy (non-hydrogen) atoms. The van der Waals surface area contributed by atoms with E-state index >= 15 is 0 Å². The first-order chi connectivity index (χ1) is 12.1. The summed E-state index contributed by atoms with van der Waals surface area (Å²) in [4.78, 5) is 10.7. The molecule has 126 valence electrons. The van der Waals surface area contributed by atoms with E-state index in [0.29, 0.717) is 33.7 Å². The number of rotatable bonds is 5. The van der Waals surface area contributed by atoms with Crippen molar-refractivity contribution in [3.05, 3.63) is 82.6 Å². The first kappa shape index (κ1) is 17.0. The van der Waals surface area contributed by atoms with Crippen LogP contribution in [0.5, 0.6) is 11.5 Å². The van der Waals surface area contributed by atoms with Crippen LogP contribution >= 0.6 is 11.6 Å². The van der Waals surface area contributed by atoms with Gasteiger partial charge in [0.15, 0.2) is 6.29 Å². The average Bonchev–Trinajstić information content (AvgIpc) is 2.62. The summed E-state index contributed by atoms with van der Waals surface area (Å²) in [5, 5.41) is 10.1. The summed E-state index contributed by atoms with van der Waals surface area (Å²) in [5.41, 5.74) is 1.87. The number of carbonyl (C=O) groups is 1. The topological polar surface area (TPSA) is 46.5 Å². The number of aldehydes is 1. The fourth-order valence-electron chi connectivity index (χ4n) is 2.45. The van der Waals surface area contributed by atoms with Crippen LogP contribution in [-0.2, 0) is 6.61 Å². The van der Waals surface area contributed by atoms with Gasteiger partial charge in [-0.25, -0.2) is 4.39 Å². The van der Waals surface area contributed by atoms with Crippen molar-refractivity contribution in [2.45, 2.75) is 6.61 Å². The van der Waals surface area contributed by atoms with E-state index in [9.17, 15) is 14.3 Å². The molecule has 0 heterocycles. The van der Waals surface area contributed by atoms with E-state index in [1.165, 1.54) is 18.2 Å². The normalized spacial score (nSPS) is 10.5. The molecule has 0 radical (unpaired) electrons. The van der Waals surface area contributed by atoms with Crippen molar-refractivity contribution in [2.24, 2.45) is 0 Å². The Kier molecular flexibility index (Phi) is 5.00. The second-order valence-corrected chi connectivity index (χ2v) is 5.76. The summed E-state index contributed by atoms with van der Waals surface area (Å²) in [5.74, 6) is -0.106. The summed E-state index contributed by atoms with van der Waals surface area (Å²) in [6.07, 6.45) is 0.563. The van der Waals surface area contributed by atoms with Crippen molar-refractivity contribution in [2.75, 3.05) is 0 Å². The molecular formula is C20H14ClFO3. The molecule has 3 aromatic carbocycles. The SMILES string of the molecule is O=Cc1ccc(OCc2cccc(-c3ccccc3F)c2Cl)cc1O. The van der Waals surface area contributed by atoms with Gasteiger partial charge in [0.25, 0.3) is 0 Å². The zero-order valence-corrected chi connectivity index (χ0v) is 13.8. The summed E-state index contributed by atoms with van der Waals surface area (Å²) in [6, 6.07) is 16.1. The van der Waals surface area contributed by atoms with Crippen molar-refractivity contribution in [3.8, 4) is 22.6 Å². The van der Waals surface area contributed by atoms with Crippen molar-refractivity contribution in [1.82, 2.24) is 0 Å². The summed E-state index contributed by atoms with van der Waals surface area (Å²) in [7, 11) is 0. The van der Waals surface area contributed by atoms with E-state index in [1.807, 2.05) is 0 Å². The Hall–Kier alpha value is -2.85. The largest absolute Gasteiger partial charge is 0.507 e. The average molecular weight is 357 g/mol. The van der Waals surface area contributed by atoms with E-state index in [4.69, 9.17) is 16.3 Å². The van der Waals surface area contributed by atoms with E-state index in [0.717, 1.165) is 0 Å². The van der Waals surface area contributed by atoms with Gasteiger partial charge in [-0.15, -0.1) is 0 Å². The summed E-state index contributed by atoms with van der Waals surface area (Å²) in [6.45, 7) is 0.140. The number of ether oxygens (including phenoxy) is 1. The molecule has 0 saturated heterocycles. The molecule has 1 N–H and O–H groups in total. The highest BCUT2D eigenvalue weighted by Gasteiger charge is 2.12. The monoisotopic (exact) mass is 356 g/mol. The van der Waals surface area contributed by atoms with Gasteiger partial charge in [0, 0.05) is 22.8 Å². The molecule has 0 aromatic heterocycles. The van der Waals surface area contributed by atoms with Crippen LogP contribution in [0.4, 0.5) is 4.39 Å². The molecule has 0 saturated carbocycles. The Bertz CT molecular complexity index is 925. The van der Waals surface area contributed by atoms with Crippen LogP contribution in [0.25, 0.3) is 11.1 Å². The third-order valence-electron chi connectivity index (χ3n) is 3.77. The summed E-state index contributed by atoms with van der Waals surface area (Å²) < 4.78 is 19.6. The van der Waals surface area contributed by atoms with Gasteiger partial charge in [0.2, 0.25) is 0 Å². The number of aromatic hydroxyl groups is 1. The maximum Gasteiger partial charge on any atom is 0.153 e. The lowest BCUT2D eigenvalue weighted by atomic mass is 10.0. The molecule has 0 spiro atoms. The van der Waals surface area contributed by atoms with Gasteiger partial charge in [-0.05, 0) is 18.2 Å². The number of phenolic OH excluding ortho intramolecular Hbond substituents is 1. The lowest BCUT2D eigenvalue weighted by Gasteiger charge is -2.12.